The van der Waals surface area contributed by atoms with Crippen LogP contribution in [0.15, 0.2) is 203 Å². The fraction of sp³-hybridized carbons (Fsp3) is 0.169. The zero-order valence-corrected chi connectivity index (χ0v) is 56.7. The minimum Gasteiger partial charge on any atom is -0.773 e. The largest absolute Gasteiger partial charge is 1.00 e. The molecule has 0 saturated heterocycles. The Morgan fingerprint density at radius 3 is 1.15 bits per heavy atom. The molecule has 0 amide bonds. The van der Waals surface area contributed by atoms with Gasteiger partial charge in [0.1, 0.15) is 17.1 Å². The van der Waals surface area contributed by atoms with Crippen molar-refractivity contribution in [3.63, 3.8) is 0 Å². The molecule has 0 saturated carbocycles. The Balaban J connectivity index is 0.000000182. The van der Waals surface area contributed by atoms with E-state index in [-0.39, 0.29) is 46.2 Å². The number of allylic oxidation sites excluding steroid dienone is 1. The minimum absolute atomic E-state index is 0. The van der Waals surface area contributed by atoms with E-state index in [4.69, 9.17) is 8.76 Å². The van der Waals surface area contributed by atoms with Gasteiger partial charge in [0.2, 0.25) is 0 Å². The van der Waals surface area contributed by atoms with Crippen molar-refractivity contribution in [2.45, 2.75) is 56.0 Å². The van der Waals surface area contributed by atoms with Crippen molar-refractivity contribution in [3.8, 4) is 50.8 Å². The Kier molecular flexibility index (Phi) is 23.6. The number of aromatic amines is 3. The van der Waals surface area contributed by atoms with Gasteiger partial charge in [-0.05, 0) is 147 Å². The first-order valence-corrected chi connectivity index (χ1v) is 32.0. The van der Waals surface area contributed by atoms with Gasteiger partial charge in [-0.15, -0.1) is 15.3 Å². The Bertz CT molecular complexity index is 5010. The number of para-hydroxylation sites is 3. The maximum atomic E-state index is 12.4. The fourth-order valence-electron chi connectivity index (χ4n) is 8.83. The minimum atomic E-state index is -4.92. The van der Waals surface area contributed by atoms with Crippen molar-refractivity contribution in [1.29, 1.82) is 0 Å². The summed E-state index contributed by atoms with van der Waals surface area (Å²) in [6.07, 6.45) is 2.55. The summed E-state index contributed by atoms with van der Waals surface area (Å²) in [5.74, 6) is -2.13. The first-order valence-electron chi connectivity index (χ1n) is 27.7. The number of rotatable bonds is 11. The number of carbonyl (C=O) groups is 1. The van der Waals surface area contributed by atoms with E-state index in [2.05, 4.69) is 75.7 Å². The summed E-state index contributed by atoms with van der Waals surface area (Å²) in [5.41, 5.74) is 9.73. The topological polar surface area (TPSA) is 302 Å². The molecule has 6 heterocycles. The summed E-state index contributed by atoms with van der Waals surface area (Å²) in [5, 5.41) is 37.7. The number of H-pyrrole nitrogens is 3. The van der Waals surface area contributed by atoms with Crippen LogP contribution in [-0.4, -0.2) is 112 Å². The third kappa shape index (κ3) is 18.1. The van der Waals surface area contributed by atoms with Crippen LogP contribution >= 0.6 is 23.2 Å². The number of hydrogen-bond donors (Lipinski definition) is 4. The Morgan fingerprint density at radius 2 is 0.883 bits per heavy atom. The van der Waals surface area contributed by atoms with Gasteiger partial charge in [-0.2, -0.15) is 13.2 Å². The number of aliphatic hydroxyl groups is 1. The molecule has 4 N–H and O–H groups in total. The van der Waals surface area contributed by atoms with Crippen LogP contribution in [0.2, 0.25) is 0 Å². The Morgan fingerprint density at radius 1 is 0.585 bits per heavy atom. The third-order valence-electron chi connectivity index (χ3n) is 14.3. The van der Waals surface area contributed by atoms with Gasteiger partial charge in [0.05, 0.1) is 62.7 Å². The zero-order chi connectivity index (χ0) is 67.7. The summed E-state index contributed by atoms with van der Waals surface area (Å²) in [7, 11) is -3.26. The Hall–Kier alpha value is -8.83. The molecule has 12 rings (SSSR count). The first-order chi connectivity index (χ1) is 43.8. The van der Waals surface area contributed by atoms with Crippen LogP contribution in [0, 0.1) is 0 Å². The van der Waals surface area contributed by atoms with Gasteiger partial charge in [0, 0.05) is 22.8 Å². The fourth-order valence-corrected chi connectivity index (χ4v) is 9.64. The SMILES string of the molecule is C=C(C)c1ccc(-n2cc(-c3cc4ccccc4[nH]c3=O)nn2)cc1.CC(C)(O)c1ccc(-n2cc(-c3cc4ccccc4[nH]c3=O)nn2)cc1.CC(C)(c1ccc(-n2cc(-c3cc4ccccc4[nH]c3=O)nn2)cc1)S(C)(=O)=O.CS(=O)[O-].O=C(C(Cl)Cl)C(F)(F)F.[Na+]. The van der Waals surface area contributed by atoms with E-state index >= 15 is 0 Å². The molecule has 0 spiro atoms. The molecule has 480 valence electrons. The molecule has 0 aliphatic carbocycles. The number of sulfone groups is 1. The molecule has 29 heteroatoms. The molecular formula is C65H58Cl2F3N12NaO9S2. The number of aromatic nitrogens is 12. The predicted molar refractivity (Wildman–Crippen MR) is 354 cm³/mol. The number of nitrogens with one attached hydrogen (secondary N) is 3. The van der Waals surface area contributed by atoms with E-state index < -0.39 is 48.1 Å². The molecule has 0 radical (unpaired) electrons. The number of nitrogens with zero attached hydrogens (tertiary/aromatic N) is 9. The molecular weight excluding hydrogens is 1310 g/mol. The van der Waals surface area contributed by atoms with Gasteiger partial charge in [0.15, 0.2) is 14.7 Å². The van der Waals surface area contributed by atoms with Crippen molar-refractivity contribution in [2.75, 3.05) is 12.5 Å². The summed E-state index contributed by atoms with van der Waals surface area (Å²) < 4.78 is 79.4. The van der Waals surface area contributed by atoms with Gasteiger partial charge in [-0.1, -0.05) is 153 Å². The normalized spacial score (nSPS) is 11.8. The van der Waals surface area contributed by atoms with E-state index in [1.807, 2.05) is 140 Å². The number of carbonyl (C=O) groups excluding carboxylic acids is 1. The second-order valence-corrected chi connectivity index (χ2v) is 26.2. The summed E-state index contributed by atoms with van der Waals surface area (Å²) in [6, 6.07) is 50.6. The molecule has 0 fully saturated rings. The molecule has 21 nitrogen and oxygen atoms in total. The van der Waals surface area contributed by atoms with Gasteiger partial charge in [-0.25, -0.2) is 22.5 Å². The Labute approximate surface area is 569 Å². The maximum absolute atomic E-state index is 12.4. The second-order valence-electron chi connectivity index (χ2n) is 21.8. The van der Waals surface area contributed by atoms with Crippen LogP contribution in [0.3, 0.4) is 0 Å². The van der Waals surface area contributed by atoms with Crippen LogP contribution in [0.1, 0.15) is 51.3 Å². The molecule has 0 aliphatic rings. The number of fused-ring (bicyclic) bond motifs is 3. The van der Waals surface area contributed by atoms with Gasteiger partial charge >= 0.3 is 35.7 Å². The summed E-state index contributed by atoms with van der Waals surface area (Å²) in [6.45, 7) is 12.7. The molecule has 6 aromatic heterocycles. The molecule has 12 aromatic rings. The van der Waals surface area contributed by atoms with Crippen molar-refractivity contribution in [1.82, 2.24) is 59.9 Å². The molecule has 0 bridgehead atoms. The molecule has 6 aromatic carbocycles. The van der Waals surface area contributed by atoms with Gasteiger partial charge in [-0.3, -0.25) is 23.4 Å². The molecule has 94 heavy (non-hydrogen) atoms. The quantitative estimate of drug-likeness (QED) is 0.0538. The van der Waals surface area contributed by atoms with Crippen LogP contribution in [0.25, 0.3) is 89.1 Å². The molecule has 1 unspecified atom stereocenters. The smallest absolute Gasteiger partial charge is 0.773 e. The van der Waals surface area contributed by atoms with Crippen LogP contribution in [0.4, 0.5) is 13.2 Å². The van der Waals surface area contributed by atoms with Gasteiger partial charge < -0.3 is 24.6 Å². The van der Waals surface area contributed by atoms with Crippen molar-refractivity contribution >= 4 is 88.2 Å². The second kappa shape index (κ2) is 30.5. The maximum Gasteiger partial charge on any atom is 1.00 e. The number of alkyl halides is 5. The number of Topliss-reactive ketones (excluding diaryl/α,β-unsaturated/α-hetero) is 1. The number of hydrogen-bond acceptors (Lipinski definition) is 15. The number of benzene rings is 6. The van der Waals surface area contributed by atoms with Gasteiger partial charge in [0.25, 0.3) is 22.5 Å². The van der Waals surface area contributed by atoms with Crippen LogP contribution in [-0.2, 0) is 36.1 Å². The monoisotopic (exact) mass is 1360 g/mol. The van der Waals surface area contributed by atoms with Crippen LogP contribution < -0.4 is 46.2 Å². The average Bonchev–Trinajstić information content (AvgIpc) is 1.37. The number of pyridine rings is 3. The van der Waals surface area contributed by atoms with E-state index in [1.165, 1.54) is 6.26 Å². The van der Waals surface area contributed by atoms with Crippen LogP contribution in [0.5, 0.6) is 0 Å². The van der Waals surface area contributed by atoms with E-state index in [0.717, 1.165) is 67.0 Å². The third-order valence-corrected chi connectivity index (χ3v) is 16.7. The number of halogens is 5. The standard InChI is InChI=1S/C21H20N4O3S.C20H18N4O2.C20H16N4O.C3HCl2F3O.CH4O2S.Na/c1-21(2,29(3,27)28)15-8-10-16(11-9-15)25-13-19(23-24-25)17-12-14-6-4-5-7-18(14)22-20(17)26;1-20(2,26)14-7-9-15(10-8-14)24-12-18(22-23-24)16-11-13-5-3-4-6-17(13)21-19(16)25;1-13(2)14-7-9-16(10-8-14)24-12-19(22-23-24)17-11-15-5-3-4-6-18(15)21-20(17)25;4-2(5)1(9)3(6,7)8;1-4(2)3;/h4-13H,1-3H3,(H,22,26);3-12,26H,1-2H3,(H,21,25);3-12H,1H2,2H3,(H,21,25);2H;1H3,(H,2,3);/q;;;;;+1/p-1. The van der Waals surface area contributed by atoms with E-state index in [0.29, 0.717) is 45.0 Å². The summed E-state index contributed by atoms with van der Waals surface area (Å²) in [4.78, 5) is 53.5. The molecule has 1 atom stereocenters. The zero-order valence-electron chi connectivity index (χ0n) is 51.5. The van der Waals surface area contributed by atoms with Crippen molar-refractivity contribution in [2.24, 2.45) is 0 Å². The number of ketones is 1. The molecule has 0 aliphatic heterocycles. The average molecular weight is 1370 g/mol. The van der Waals surface area contributed by atoms with Crippen molar-refractivity contribution in [3.05, 3.63) is 237 Å². The van der Waals surface area contributed by atoms with Crippen molar-refractivity contribution < 1.29 is 69.8 Å². The summed E-state index contributed by atoms with van der Waals surface area (Å²) >= 11 is 7.36. The van der Waals surface area contributed by atoms with E-state index in [1.54, 1.807) is 90.7 Å². The first kappa shape index (κ1) is 72.6. The predicted octanol–water partition coefficient (Wildman–Crippen LogP) is 8.29. The van der Waals surface area contributed by atoms with E-state index in [9.17, 15) is 45.9 Å².